The van der Waals surface area contributed by atoms with E-state index in [4.69, 9.17) is 4.74 Å². The molecular formula is C10H12ClNO4. The van der Waals surface area contributed by atoms with Crippen LogP contribution in [0.3, 0.4) is 0 Å². The maximum absolute atomic E-state index is 11.0. The number of carbonyl (C=O) groups is 1. The molecule has 3 N–H and O–H groups in total. The van der Waals surface area contributed by atoms with Crippen LogP contribution in [0.2, 0.25) is 0 Å². The lowest BCUT2D eigenvalue weighted by Gasteiger charge is -2.23. The van der Waals surface area contributed by atoms with Crippen molar-refractivity contribution in [2.24, 2.45) is 0 Å². The molecule has 0 unspecified atom stereocenters. The van der Waals surface area contributed by atoms with Crippen LogP contribution in [0.1, 0.15) is 18.0 Å². The number of hydrogen-bond donors (Lipinski definition) is 3. The Balaban J connectivity index is 0.00000128. The number of amides is 1. The quantitative estimate of drug-likeness (QED) is 0.704. The van der Waals surface area contributed by atoms with Crippen molar-refractivity contribution < 1.29 is 19.7 Å². The fraction of sp³-hybridized carbons (Fsp3) is 0.300. The first-order valence-corrected chi connectivity index (χ1v) is 4.61. The van der Waals surface area contributed by atoms with Crippen LogP contribution in [0.25, 0.3) is 0 Å². The Morgan fingerprint density at radius 1 is 1.25 bits per heavy atom. The first-order chi connectivity index (χ1) is 7.15. The molecule has 5 nitrogen and oxygen atoms in total. The second-order valence-electron chi connectivity index (χ2n) is 3.40. The number of alkyl carbamates (subject to hydrolysis) is 1. The standard InChI is InChI=1S/C10H11NO4.ClH/c12-7-3-6(4-8(13)5-7)9-1-2-15-10(14)11-9;/h3-5,9,12-13H,1-2H2,(H,11,14);1H/t9-;/m1./s1. The molecule has 6 heteroatoms. The molecule has 88 valence electrons. The maximum Gasteiger partial charge on any atom is 0.407 e. The van der Waals surface area contributed by atoms with Crippen molar-refractivity contribution in [3.05, 3.63) is 23.8 Å². The van der Waals surface area contributed by atoms with Gasteiger partial charge in [-0.2, -0.15) is 0 Å². The third-order valence-corrected chi connectivity index (χ3v) is 2.26. The van der Waals surface area contributed by atoms with Gasteiger partial charge in [0.2, 0.25) is 0 Å². The summed E-state index contributed by atoms with van der Waals surface area (Å²) in [5.74, 6) is -0.0449. The summed E-state index contributed by atoms with van der Waals surface area (Å²) in [7, 11) is 0. The summed E-state index contributed by atoms with van der Waals surface area (Å²) in [6, 6.07) is 4.04. The van der Waals surface area contributed by atoms with Crippen molar-refractivity contribution in [1.82, 2.24) is 5.32 Å². The fourth-order valence-corrected chi connectivity index (χ4v) is 1.59. The van der Waals surface area contributed by atoms with Gasteiger partial charge in [0.05, 0.1) is 12.6 Å². The smallest absolute Gasteiger partial charge is 0.407 e. The van der Waals surface area contributed by atoms with Crippen molar-refractivity contribution in [3.63, 3.8) is 0 Å². The average Bonchev–Trinajstić information content (AvgIpc) is 2.16. The highest BCUT2D eigenvalue weighted by atomic mass is 35.5. The van der Waals surface area contributed by atoms with E-state index in [1.54, 1.807) is 0 Å². The lowest BCUT2D eigenvalue weighted by Crippen LogP contribution is -2.35. The molecule has 0 saturated carbocycles. The first-order valence-electron chi connectivity index (χ1n) is 4.61. The lowest BCUT2D eigenvalue weighted by atomic mass is 10.0. The number of phenolic OH excluding ortho intramolecular Hbond substituents is 2. The van der Waals surface area contributed by atoms with Gasteiger partial charge in [-0.05, 0) is 17.7 Å². The lowest BCUT2D eigenvalue weighted by molar-refractivity contribution is 0.115. The Kier molecular flexibility index (Phi) is 3.84. The van der Waals surface area contributed by atoms with Gasteiger partial charge in [-0.15, -0.1) is 12.4 Å². The van der Waals surface area contributed by atoms with Gasteiger partial charge in [-0.1, -0.05) is 0 Å². The molecule has 1 atom stereocenters. The van der Waals surface area contributed by atoms with Gasteiger partial charge in [0.1, 0.15) is 11.5 Å². The van der Waals surface area contributed by atoms with Crippen molar-refractivity contribution in [3.8, 4) is 11.5 Å². The minimum absolute atomic E-state index is 0. The molecule has 1 aromatic carbocycles. The van der Waals surface area contributed by atoms with E-state index in [0.717, 1.165) is 0 Å². The summed E-state index contributed by atoms with van der Waals surface area (Å²) in [5.41, 5.74) is 0.671. The van der Waals surface area contributed by atoms with Crippen LogP contribution in [-0.2, 0) is 4.74 Å². The van der Waals surface area contributed by atoms with Gasteiger partial charge in [0.25, 0.3) is 0 Å². The minimum Gasteiger partial charge on any atom is -0.508 e. The Morgan fingerprint density at radius 2 is 1.88 bits per heavy atom. The summed E-state index contributed by atoms with van der Waals surface area (Å²) in [4.78, 5) is 11.0. The number of hydrogen-bond acceptors (Lipinski definition) is 4. The van der Waals surface area contributed by atoms with Crippen molar-refractivity contribution in [1.29, 1.82) is 0 Å². The molecule has 0 aromatic heterocycles. The Morgan fingerprint density at radius 3 is 2.44 bits per heavy atom. The first kappa shape index (κ1) is 12.4. The monoisotopic (exact) mass is 245 g/mol. The zero-order chi connectivity index (χ0) is 10.8. The molecule has 0 spiro atoms. The highest BCUT2D eigenvalue weighted by Gasteiger charge is 2.21. The van der Waals surface area contributed by atoms with Crippen LogP contribution < -0.4 is 5.32 Å². The van der Waals surface area contributed by atoms with Crippen LogP contribution in [-0.4, -0.2) is 22.9 Å². The van der Waals surface area contributed by atoms with Crippen molar-refractivity contribution in [2.75, 3.05) is 6.61 Å². The molecule has 1 aromatic rings. The molecule has 0 radical (unpaired) electrons. The third-order valence-electron chi connectivity index (χ3n) is 2.26. The second kappa shape index (κ2) is 4.94. The van der Waals surface area contributed by atoms with E-state index < -0.39 is 6.09 Å². The highest BCUT2D eigenvalue weighted by Crippen LogP contribution is 2.27. The molecule has 1 aliphatic heterocycles. The Hall–Kier alpha value is -1.62. The number of ether oxygens (including phenoxy) is 1. The van der Waals surface area contributed by atoms with Gasteiger partial charge in [0.15, 0.2) is 0 Å². The van der Waals surface area contributed by atoms with E-state index in [-0.39, 0.29) is 29.9 Å². The molecule has 1 saturated heterocycles. The molecule has 0 bridgehead atoms. The Labute approximate surface area is 98.5 Å². The zero-order valence-corrected chi connectivity index (χ0v) is 9.16. The van der Waals surface area contributed by atoms with Gasteiger partial charge in [0, 0.05) is 12.5 Å². The normalized spacial score (nSPS) is 19.2. The number of carbonyl (C=O) groups excluding carboxylic acids is 1. The zero-order valence-electron chi connectivity index (χ0n) is 8.34. The topological polar surface area (TPSA) is 78.8 Å². The van der Waals surface area contributed by atoms with Crippen LogP contribution in [0.15, 0.2) is 18.2 Å². The summed E-state index contributed by atoms with van der Waals surface area (Å²) in [6.45, 7) is 0.340. The van der Waals surface area contributed by atoms with Crippen LogP contribution in [0.4, 0.5) is 4.79 Å². The average molecular weight is 246 g/mol. The molecule has 2 rings (SSSR count). The van der Waals surface area contributed by atoms with Crippen LogP contribution >= 0.6 is 12.4 Å². The molecule has 1 amide bonds. The van der Waals surface area contributed by atoms with E-state index in [9.17, 15) is 15.0 Å². The van der Waals surface area contributed by atoms with E-state index in [2.05, 4.69) is 5.32 Å². The Bertz CT molecular complexity index is 376. The molecule has 1 aliphatic rings. The van der Waals surface area contributed by atoms with Gasteiger partial charge < -0.3 is 20.3 Å². The van der Waals surface area contributed by atoms with Crippen LogP contribution in [0.5, 0.6) is 11.5 Å². The molecule has 1 fully saturated rings. The van der Waals surface area contributed by atoms with Gasteiger partial charge in [-0.25, -0.2) is 4.79 Å². The predicted octanol–water partition coefficient (Wildman–Crippen LogP) is 1.69. The number of aromatic hydroxyl groups is 2. The fourth-order valence-electron chi connectivity index (χ4n) is 1.59. The maximum atomic E-state index is 11.0. The molecule has 1 heterocycles. The van der Waals surface area contributed by atoms with Crippen molar-refractivity contribution >= 4 is 18.5 Å². The largest absolute Gasteiger partial charge is 0.508 e. The molecule has 16 heavy (non-hydrogen) atoms. The summed E-state index contributed by atoms with van der Waals surface area (Å²) in [6.07, 6.45) is 0.142. The number of phenols is 2. The van der Waals surface area contributed by atoms with E-state index >= 15 is 0 Å². The van der Waals surface area contributed by atoms with E-state index in [0.29, 0.717) is 18.6 Å². The molecule has 0 aliphatic carbocycles. The minimum atomic E-state index is -0.478. The summed E-state index contributed by atoms with van der Waals surface area (Å²) < 4.78 is 4.72. The molecular weight excluding hydrogens is 234 g/mol. The number of benzene rings is 1. The highest BCUT2D eigenvalue weighted by molar-refractivity contribution is 5.85. The second-order valence-corrected chi connectivity index (χ2v) is 3.40. The van der Waals surface area contributed by atoms with E-state index in [1.165, 1.54) is 18.2 Å². The third kappa shape index (κ3) is 2.70. The number of cyclic esters (lactones) is 1. The predicted molar refractivity (Wildman–Crippen MR) is 58.9 cm³/mol. The SMILES string of the molecule is Cl.O=C1N[C@@H](c2cc(O)cc(O)c2)CCO1. The van der Waals surface area contributed by atoms with Crippen LogP contribution in [0, 0.1) is 0 Å². The number of rotatable bonds is 1. The van der Waals surface area contributed by atoms with Gasteiger partial charge >= 0.3 is 6.09 Å². The van der Waals surface area contributed by atoms with E-state index in [1.807, 2.05) is 0 Å². The number of nitrogens with one attached hydrogen (secondary N) is 1. The van der Waals surface area contributed by atoms with Crippen molar-refractivity contribution in [2.45, 2.75) is 12.5 Å². The summed E-state index contributed by atoms with van der Waals surface area (Å²) >= 11 is 0. The summed E-state index contributed by atoms with van der Waals surface area (Å²) in [5, 5.41) is 21.2. The number of halogens is 1. The van der Waals surface area contributed by atoms with Gasteiger partial charge in [-0.3, -0.25) is 0 Å².